The highest BCUT2D eigenvalue weighted by Gasteiger charge is 2.39. The number of carbonyl (C=O) groups excluding carboxylic acids is 1. The Morgan fingerprint density at radius 1 is 1.39 bits per heavy atom. The van der Waals surface area contributed by atoms with E-state index in [0.717, 1.165) is 5.92 Å². The van der Waals surface area contributed by atoms with Crippen LogP contribution in [0.1, 0.15) is 27.2 Å². The molecule has 3 atom stereocenters. The molecule has 1 aliphatic rings. The number of hydrogen-bond donors (Lipinski definition) is 2. The van der Waals surface area contributed by atoms with Crippen LogP contribution in [0.4, 0.5) is 4.79 Å². The number of nitrogens with zero attached hydrogens (tertiary/aromatic N) is 1. The number of hydrogen-bond acceptors (Lipinski definition) is 2. The lowest BCUT2D eigenvalue weighted by molar-refractivity contribution is -0.141. The van der Waals surface area contributed by atoms with E-state index in [2.05, 4.69) is 19.2 Å². The molecular formula is C13H24N2O3. The van der Waals surface area contributed by atoms with Gasteiger partial charge >= 0.3 is 12.0 Å². The minimum absolute atomic E-state index is 0.183. The van der Waals surface area contributed by atoms with Crippen molar-refractivity contribution in [3.63, 3.8) is 0 Å². The van der Waals surface area contributed by atoms with E-state index in [1.165, 1.54) is 11.3 Å². The second-order valence-electron chi connectivity index (χ2n) is 5.71. The summed E-state index contributed by atoms with van der Waals surface area (Å²) >= 11 is 0. The SMILES string of the molecule is CC(CN(C)C(=O)NC[C@@H]1C[C@H]1C(C)C)C(=O)O. The molecule has 1 saturated carbocycles. The zero-order chi connectivity index (χ0) is 13.9. The molecule has 1 aliphatic carbocycles. The highest BCUT2D eigenvalue weighted by atomic mass is 16.4. The van der Waals surface area contributed by atoms with E-state index >= 15 is 0 Å². The molecule has 0 spiro atoms. The highest BCUT2D eigenvalue weighted by molar-refractivity contribution is 5.75. The van der Waals surface area contributed by atoms with Gasteiger partial charge in [0.1, 0.15) is 0 Å². The van der Waals surface area contributed by atoms with E-state index in [1.54, 1.807) is 14.0 Å². The number of nitrogens with one attached hydrogen (secondary N) is 1. The van der Waals surface area contributed by atoms with Crippen molar-refractivity contribution in [3.8, 4) is 0 Å². The third kappa shape index (κ3) is 4.20. The second kappa shape index (κ2) is 6.07. The first-order valence-electron chi connectivity index (χ1n) is 6.54. The lowest BCUT2D eigenvalue weighted by Gasteiger charge is -2.20. The molecule has 0 saturated heterocycles. The minimum atomic E-state index is -0.878. The largest absolute Gasteiger partial charge is 0.481 e. The molecule has 0 heterocycles. The third-order valence-corrected chi connectivity index (χ3v) is 3.67. The highest BCUT2D eigenvalue weighted by Crippen LogP contribution is 2.43. The Morgan fingerprint density at radius 3 is 2.44 bits per heavy atom. The van der Waals surface area contributed by atoms with Crippen LogP contribution < -0.4 is 5.32 Å². The maximum absolute atomic E-state index is 11.7. The predicted molar refractivity (Wildman–Crippen MR) is 69.3 cm³/mol. The summed E-state index contributed by atoms with van der Waals surface area (Å²) in [5.74, 6) is 0.589. The molecular weight excluding hydrogens is 232 g/mol. The van der Waals surface area contributed by atoms with Crippen molar-refractivity contribution in [1.82, 2.24) is 10.2 Å². The first-order valence-corrected chi connectivity index (χ1v) is 6.54. The van der Waals surface area contributed by atoms with Crippen molar-refractivity contribution >= 4 is 12.0 Å². The maximum Gasteiger partial charge on any atom is 0.317 e. The van der Waals surface area contributed by atoms with E-state index in [0.29, 0.717) is 18.4 Å². The van der Waals surface area contributed by atoms with Crippen LogP contribution >= 0.6 is 0 Å². The number of aliphatic carboxylic acids is 1. The van der Waals surface area contributed by atoms with Gasteiger partial charge < -0.3 is 15.3 Å². The fourth-order valence-electron chi connectivity index (χ4n) is 2.25. The molecule has 0 radical (unpaired) electrons. The van der Waals surface area contributed by atoms with Crippen molar-refractivity contribution in [2.24, 2.45) is 23.7 Å². The van der Waals surface area contributed by atoms with Crippen molar-refractivity contribution in [2.45, 2.75) is 27.2 Å². The summed E-state index contributed by atoms with van der Waals surface area (Å²) in [6, 6.07) is -0.183. The van der Waals surface area contributed by atoms with Gasteiger partial charge in [0.05, 0.1) is 5.92 Å². The molecule has 1 rings (SSSR count). The number of urea groups is 1. The van der Waals surface area contributed by atoms with Crippen molar-refractivity contribution in [1.29, 1.82) is 0 Å². The van der Waals surface area contributed by atoms with Crippen LogP contribution in [-0.2, 0) is 4.79 Å². The van der Waals surface area contributed by atoms with Gasteiger partial charge in [0.15, 0.2) is 0 Å². The van der Waals surface area contributed by atoms with Crippen LogP contribution in [0.2, 0.25) is 0 Å². The summed E-state index contributed by atoms with van der Waals surface area (Å²) in [6.45, 7) is 6.94. The van der Waals surface area contributed by atoms with Crippen molar-refractivity contribution in [3.05, 3.63) is 0 Å². The summed E-state index contributed by atoms with van der Waals surface area (Å²) in [5.41, 5.74) is 0. The van der Waals surface area contributed by atoms with Gasteiger partial charge in [0, 0.05) is 20.1 Å². The van der Waals surface area contributed by atoms with Gasteiger partial charge in [-0.1, -0.05) is 20.8 Å². The Kier molecular flexibility index (Phi) is 4.99. The monoisotopic (exact) mass is 256 g/mol. The lowest BCUT2D eigenvalue weighted by Crippen LogP contribution is -2.41. The van der Waals surface area contributed by atoms with E-state index in [1.807, 2.05) is 0 Å². The molecule has 0 aliphatic heterocycles. The van der Waals surface area contributed by atoms with Crippen LogP contribution in [0.3, 0.4) is 0 Å². The molecule has 1 fully saturated rings. The number of rotatable bonds is 6. The van der Waals surface area contributed by atoms with Gasteiger partial charge in [-0.25, -0.2) is 4.79 Å². The van der Waals surface area contributed by atoms with Crippen molar-refractivity contribution < 1.29 is 14.7 Å². The number of carbonyl (C=O) groups is 2. The molecule has 18 heavy (non-hydrogen) atoms. The molecule has 0 aromatic heterocycles. The molecule has 0 aromatic carbocycles. The Bertz CT molecular complexity index is 317. The summed E-state index contributed by atoms with van der Waals surface area (Å²) in [5, 5.41) is 11.6. The normalized spacial score (nSPS) is 23.6. The lowest BCUT2D eigenvalue weighted by atomic mass is 10.1. The first-order chi connectivity index (χ1) is 8.32. The molecule has 2 N–H and O–H groups in total. The smallest absolute Gasteiger partial charge is 0.317 e. The van der Waals surface area contributed by atoms with Crippen LogP contribution in [0.25, 0.3) is 0 Å². The first kappa shape index (κ1) is 14.8. The zero-order valence-corrected chi connectivity index (χ0v) is 11.6. The maximum atomic E-state index is 11.7. The van der Waals surface area contributed by atoms with Gasteiger partial charge in [-0.2, -0.15) is 0 Å². The minimum Gasteiger partial charge on any atom is -0.481 e. The van der Waals surface area contributed by atoms with Crippen molar-refractivity contribution in [2.75, 3.05) is 20.1 Å². The van der Waals surface area contributed by atoms with Gasteiger partial charge in [-0.15, -0.1) is 0 Å². The van der Waals surface area contributed by atoms with Gasteiger partial charge in [-0.3, -0.25) is 4.79 Å². The van der Waals surface area contributed by atoms with Crippen LogP contribution in [0.15, 0.2) is 0 Å². The molecule has 2 amide bonds. The van der Waals surface area contributed by atoms with Crippen LogP contribution in [0.5, 0.6) is 0 Å². The quantitative estimate of drug-likeness (QED) is 0.759. The predicted octanol–water partition coefficient (Wildman–Crippen LogP) is 1.64. The van der Waals surface area contributed by atoms with Gasteiger partial charge in [0.2, 0.25) is 0 Å². The zero-order valence-electron chi connectivity index (χ0n) is 11.6. The van der Waals surface area contributed by atoms with Gasteiger partial charge in [-0.05, 0) is 24.2 Å². The van der Waals surface area contributed by atoms with E-state index in [-0.39, 0.29) is 12.6 Å². The summed E-state index contributed by atoms with van der Waals surface area (Å²) in [4.78, 5) is 23.9. The third-order valence-electron chi connectivity index (χ3n) is 3.67. The fraction of sp³-hybridized carbons (Fsp3) is 0.846. The fourth-order valence-corrected chi connectivity index (χ4v) is 2.25. The topological polar surface area (TPSA) is 69.6 Å². The van der Waals surface area contributed by atoms with E-state index in [4.69, 9.17) is 5.11 Å². The standard InChI is InChI=1S/C13H24N2O3/c1-8(2)11-5-10(11)6-14-13(18)15(4)7-9(3)12(16)17/h8-11H,5-7H2,1-4H3,(H,14,18)(H,16,17)/t9?,10-,11-/m0/s1. The average molecular weight is 256 g/mol. The summed E-state index contributed by atoms with van der Waals surface area (Å²) < 4.78 is 0. The second-order valence-corrected chi connectivity index (χ2v) is 5.71. The molecule has 5 nitrogen and oxygen atoms in total. The van der Waals surface area contributed by atoms with Gasteiger partial charge in [0.25, 0.3) is 0 Å². The summed E-state index contributed by atoms with van der Waals surface area (Å²) in [7, 11) is 1.63. The number of amides is 2. The Hall–Kier alpha value is -1.26. The molecule has 0 bridgehead atoms. The molecule has 104 valence electrons. The molecule has 1 unspecified atom stereocenters. The Labute approximate surface area is 109 Å². The average Bonchev–Trinajstić information content (AvgIpc) is 3.04. The number of carboxylic acid groups (broad SMARTS) is 1. The Balaban J connectivity index is 2.23. The Morgan fingerprint density at radius 2 is 2.00 bits per heavy atom. The molecule has 0 aromatic rings. The van der Waals surface area contributed by atoms with E-state index < -0.39 is 11.9 Å². The number of carboxylic acids is 1. The van der Waals surface area contributed by atoms with Crippen LogP contribution in [0, 0.1) is 23.7 Å². The molecule has 5 heteroatoms. The summed E-state index contributed by atoms with van der Waals surface area (Å²) in [6.07, 6.45) is 1.19. The van der Waals surface area contributed by atoms with E-state index in [9.17, 15) is 9.59 Å². The van der Waals surface area contributed by atoms with Crippen LogP contribution in [-0.4, -0.2) is 42.1 Å².